The lowest BCUT2D eigenvalue weighted by Gasteiger charge is -2.17. The standard InChI is InChI=1S/C15H17N3O5/c1-8(15(20)21)9(2)17-14(19)5-10-7-16-13-4-3-11(18(22)23)6-12(10)13/h3-4,6-9,16H,5H2,1-2H3,(H,17,19)(H,20,21). The Morgan fingerprint density at radius 2 is 2.09 bits per heavy atom. The van der Waals surface area contributed by atoms with Gasteiger partial charge in [-0.05, 0) is 25.5 Å². The number of carbonyl (C=O) groups is 2. The van der Waals surface area contributed by atoms with Gasteiger partial charge in [0.1, 0.15) is 0 Å². The molecule has 0 aliphatic heterocycles. The molecule has 0 aliphatic rings. The van der Waals surface area contributed by atoms with Gasteiger partial charge in [0.25, 0.3) is 5.69 Å². The maximum atomic E-state index is 12.1. The SMILES string of the molecule is CC(NC(=O)Cc1c[nH]c2ccc([N+](=O)[O-])cc12)C(C)C(=O)O. The van der Waals surface area contributed by atoms with E-state index in [9.17, 15) is 19.7 Å². The number of nitro groups is 1. The highest BCUT2D eigenvalue weighted by molar-refractivity contribution is 5.90. The molecule has 0 aliphatic carbocycles. The second kappa shape index (κ2) is 6.47. The van der Waals surface area contributed by atoms with Crippen LogP contribution in [0.4, 0.5) is 5.69 Å². The Hall–Kier alpha value is -2.90. The topological polar surface area (TPSA) is 125 Å². The van der Waals surface area contributed by atoms with E-state index in [1.807, 2.05) is 0 Å². The van der Waals surface area contributed by atoms with Gasteiger partial charge in [-0.25, -0.2) is 0 Å². The van der Waals surface area contributed by atoms with Gasteiger partial charge in [0.05, 0.1) is 17.3 Å². The van der Waals surface area contributed by atoms with E-state index < -0.39 is 22.9 Å². The highest BCUT2D eigenvalue weighted by Crippen LogP contribution is 2.24. The first kappa shape index (κ1) is 16.5. The Morgan fingerprint density at radius 3 is 2.70 bits per heavy atom. The monoisotopic (exact) mass is 319 g/mol. The lowest BCUT2D eigenvalue weighted by atomic mass is 10.0. The molecule has 1 heterocycles. The van der Waals surface area contributed by atoms with Crippen molar-refractivity contribution in [2.75, 3.05) is 0 Å². The van der Waals surface area contributed by atoms with Gasteiger partial charge in [0.2, 0.25) is 5.91 Å². The van der Waals surface area contributed by atoms with E-state index in [1.165, 1.54) is 19.1 Å². The van der Waals surface area contributed by atoms with Gasteiger partial charge in [-0.2, -0.15) is 0 Å². The maximum absolute atomic E-state index is 12.1. The third-order valence-electron chi connectivity index (χ3n) is 3.84. The molecule has 2 atom stereocenters. The van der Waals surface area contributed by atoms with Gasteiger partial charge >= 0.3 is 5.97 Å². The first-order valence-corrected chi connectivity index (χ1v) is 7.06. The fourth-order valence-electron chi connectivity index (χ4n) is 2.24. The number of aromatic nitrogens is 1. The van der Waals surface area contributed by atoms with E-state index in [0.717, 1.165) is 0 Å². The third kappa shape index (κ3) is 3.65. The average Bonchev–Trinajstić information content (AvgIpc) is 2.88. The number of hydrogen-bond donors (Lipinski definition) is 3. The van der Waals surface area contributed by atoms with Crippen LogP contribution >= 0.6 is 0 Å². The number of non-ortho nitro benzene ring substituents is 1. The lowest BCUT2D eigenvalue weighted by Crippen LogP contribution is -2.40. The molecule has 0 fully saturated rings. The third-order valence-corrected chi connectivity index (χ3v) is 3.84. The molecule has 0 saturated carbocycles. The number of hydrogen-bond acceptors (Lipinski definition) is 4. The van der Waals surface area contributed by atoms with Gasteiger partial charge in [-0.15, -0.1) is 0 Å². The van der Waals surface area contributed by atoms with Crippen LogP contribution in [0.1, 0.15) is 19.4 Å². The molecular weight excluding hydrogens is 302 g/mol. The minimum absolute atomic E-state index is 0.0118. The number of carbonyl (C=O) groups excluding carboxylic acids is 1. The van der Waals surface area contributed by atoms with E-state index in [4.69, 9.17) is 5.11 Å². The van der Waals surface area contributed by atoms with E-state index in [-0.39, 0.29) is 18.0 Å². The summed E-state index contributed by atoms with van der Waals surface area (Å²) in [6.45, 7) is 3.14. The number of carboxylic acid groups (broad SMARTS) is 1. The molecule has 0 bridgehead atoms. The molecule has 0 saturated heterocycles. The van der Waals surface area contributed by atoms with Crippen molar-refractivity contribution in [3.8, 4) is 0 Å². The quantitative estimate of drug-likeness (QED) is 0.553. The number of nitrogens with zero attached hydrogens (tertiary/aromatic N) is 1. The molecule has 3 N–H and O–H groups in total. The number of carboxylic acids is 1. The molecule has 23 heavy (non-hydrogen) atoms. The summed E-state index contributed by atoms with van der Waals surface area (Å²) in [6.07, 6.45) is 1.64. The number of nitrogens with one attached hydrogen (secondary N) is 2. The Morgan fingerprint density at radius 1 is 1.39 bits per heavy atom. The lowest BCUT2D eigenvalue weighted by molar-refractivity contribution is -0.384. The van der Waals surface area contributed by atoms with Crippen LogP contribution in [0.15, 0.2) is 24.4 Å². The van der Waals surface area contributed by atoms with E-state index in [1.54, 1.807) is 19.2 Å². The molecule has 1 amide bonds. The number of rotatable bonds is 6. The van der Waals surface area contributed by atoms with Crippen LogP contribution in [0, 0.1) is 16.0 Å². The average molecular weight is 319 g/mol. The number of aromatic amines is 1. The van der Waals surface area contributed by atoms with Crippen LogP contribution in [0.5, 0.6) is 0 Å². The molecule has 2 rings (SSSR count). The van der Waals surface area contributed by atoms with Crippen molar-refractivity contribution in [3.63, 3.8) is 0 Å². The minimum Gasteiger partial charge on any atom is -0.481 e. The zero-order valence-electron chi connectivity index (χ0n) is 12.7. The summed E-state index contributed by atoms with van der Waals surface area (Å²) in [6, 6.07) is 3.88. The largest absolute Gasteiger partial charge is 0.481 e. The minimum atomic E-state index is -0.986. The van der Waals surface area contributed by atoms with Crippen molar-refractivity contribution in [2.45, 2.75) is 26.3 Å². The summed E-state index contributed by atoms with van der Waals surface area (Å²) >= 11 is 0. The molecule has 2 aromatic rings. The van der Waals surface area contributed by atoms with Gasteiger partial charge < -0.3 is 15.4 Å². The zero-order chi connectivity index (χ0) is 17.1. The zero-order valence-corrected chi connectivity index (χ0v) is 12.7. The second-order valence-corrected chi connectivity index (χ2v) is 5.46. The number of aliphatic carboxylic acids is 1. The number of H-pyrrole nitrogens is 1. The molecule has 0 radical (unpaired) electrons. The highest BCUT2D eigenvalue weighted by atomic mass is 16.6. The van der Waals surface area contributed by atoms with Crippen molar-refractivity contribution in [3.05, 3.63) is 40.1 Å². The van der Waals surface area contributed by atoms with Crippen molar-refractivity contribution in [2.24, 2.45) is 5.92 Å². The van der Waals surface area contributed by atoms with E-state index in [0.29, 0.717) is 16.5 Å². The van der Waals surface area contributed by atoms with Crippen molar-refractivity contribution in [1.82, 2.24) is 10.3 Å². The Labute approximate surface area is 131 Å². The number of fused-ring (bicyclic) bond motifs is 1. The first-order chi connectivity index (χ1) is 10.8. The predicted octanol–water partition coefficient (Wildman–Crippen LogP) is 1.84. The van der Waals surface area contributed by atoms with Gasteiger partial charge in [0.15, 0.2) is 0 Å². The molecule has 0 spiro atoms. The van der Waals surface area contributed by atoms with Crippen molar-refractivity contribution < 1.29 is 19.6 Å². The van der Waals surface area contributed by atoms with Gasteiger partial charge in [-0.3, -0.25) is 19.7 Å². The number of amides is 1. The Balaban J connectivity index is 2.15. The summed E-state index contributed by atoms with van der Waals surface area (Å²) in [5.41, 5.74) is 1.27. The van der Waals surface area contributed by atoms with E-state index >= 15 is 0 Å². The molecule has 1 aromatic heterocycles. The first-order valence-electron chi connectivity index (χ1n) is 7.06. The van der Waals surface area contributed by atoms with E-state index in [2.05, 4.69) is 10.3 Å². The summed E-state index contributed by atoms with van der Waals surface area (Å²) < 4.78 is 0. The second-order valence-electron chi connectivity index (χ2n) is 5.46. The fraction of sp³-hybridized carbons (Fsp3) is 0.333. The summed E-state index contributed by atoms with van der Waals surface area (Å²) in [5.74, 6) is -2.03. The van der Waals surface area contributed by atoms with Crippen LogP contribution in [-0.4, -0.2) is 32.9 Å². The Kier molecular flexibility index (Phi) is 4.63. The Bertz CT molecular complexity index is 768. The summed E-state index contributed by atoms with van der Waals surface area (Å²) in [7, 11) is 0. The van der Waals surface area contributed by atoms with Crippen LogP contribution in [-0.2, 0) is 16.0 Å². The molecule has 1 aromatic carbocycles. The molecule has 122 valence electrons. The number of benzene rings is 1. The fourth-order valence-corrected chi connectivity index (χ4v) is 2.24. The smallest absolute Gasteiger partial charge is 0.308 e. The van der Waals surface area contributed by atoms with Crippen LogP contribution in [0.2, 0.25) is 0 Å². The van der Waals surface area contributed by atoms with Crippen LogP contribution in [0.3, 0.4) is 0 Å². The maximum Gasteiger partial charge on any atom is 0.308 e. The van der Waals surface area contributed by atoms with Crippen molar-refractivity contribution in [1.29, 1.82) is 0 Å². The number of nitro benzene ring substituents is 1. The molecule has 2 unspecified atom stereocenters. The van der Waals surface area contributed by atoms with Crippen molar-refractivity contribution >= 4 is 28.5 Å². The van der Waals surface area contributed by atoms with Crippen LogP contribution < -0.4 is 5.32 Å². The van der Waals surface area contributed by atoms with Gasteiger partial charge in [-0.1, -0.05) is 0 Å². The predicted molar refractivity (Wildman–Crippen MR) is 83.1 cm³/mol. The van der Waals surface area contributed by atoms with Crippen LogP contribution in [0.25, 0.3) is 10.9 Å². The highest BCUT2D eigenvalue weighted by Gasteiger charge is 2.21. The molecule has 8 heteroatoms. The molecule has 8 nitrogen and oxygen atoms in total. The molecular formula is C15H17N3O5. The van der Waals surface area contributed by atoms with Gasteiger partial charge in [0, 0.05) is 35.3 Å². The normalized spacial score (nSPS) is 13.5. The summed E-state index contributed by atoms with van der Waals surface area (Å²) in [5, 5.41) is 23.0. The summed E-state index contributed by atoms with van der Waals surface area (Å²) in [4.78, 5) is 36.3.